The van der Waals surface area contributed by atoms with E-state index in [0.29, 0.717) is 90.6 Å². The summed E-state index contributed by atoms with van der Waals surface area (Å²) in [5, 5.41) is 0. The van der Waals surface area contributed by atoms with E-state index in [1.54, 1.807) is 0 Å². The van der Waals surface area contributed by atoms with E-state index in [1.165, 1.54) is 26.4 Å². The Morgan fingerprint density at radius 3 is 0.884 bits per heavy atom. The van der Waals surface area contributed by atoms with Gasteiger partial charge in [-0.25, -0.2) is 0 Å². The molecule has 0 aliphatic rings. The lowest BCUT2D eigenvalue weighted by Crippen LogP contribution is -2.08. The molecule has 0 amide bonds. The first-order chi connectivity index (χ1) is 20.9. The van der Waals surface area contributed by atoms with E-state index in [4.69, 9.17) is 18.9 Å². The SMILES string of the molecule is CCCCCCCC(=O)OCCCCCC(=O)OCCCCCC(=O)OCCCCCC(=O)OCCCCCC(=O)OC. The van der Waals surface area contributed by atoms with Crippen LogP contribution in [0.5, 0.6) is 0 Å². The fourth-order valence-corrected chi connectivity index (χ4v) is 4.20. The first kappa shape index (κ1) is 40.4. The third-order valence-electron chi connectivity index (χ3n) is 6.87. The highest BCUT2D eigenvalue weighted by Gasteiger charge is 2.07. The van der Waals surface area contributed by atoms with Gasteiger partial charge >= 0.3 is 29.8 Å². The molecule has 250 valence electrons. The van der Waals surface area contributed by atoms with E-state index in [1.807, 2.05) is 0 Å². The lowest BCUT2D eigenvalue weighted by molar-refractivity contribution is -0.145. The van der Waals surface area contributed by atoms with Crippen LogP contribution in [-0.4, -0.2) is 63.4 Å². The summed E-state index contributed by atoms with van der Waals surface area (Å²) in [5.41, 5.74) is 0. The van der Waals surface area contributed by atoms with Crippen molar-refractivity contribution in [2.75, 3.05) is 33.5 Å². The van der Waals surface area contributed by atoms with Gasteiger partial charge in [0, 0.05) is 32.1 Å². The predicted octanol–water partition coefficient (Wildman–Crippen LogP) is 6.93. The van der Waals surface area contributed by atoms with Gasteiger partial charge in [-0.05, 0) is 83.5 Å². The van der Waals surface area contributed by atoms with Gasteiger partial charge in [-0.3, -0.25) is 24.0 Å². The van der Waals surface area contributed by atoms with Crippen LogP contribution in [0.25, 0.3) is 0 Å². The molecule has 10 heteroatoms. The molecule has 0 saturated carbocycles. The number of hydrogen-bond donors (Lipinski definition) is 0. The molecule has 0 heterocycles. The van der Waals surface area contributed by atoms with Gasteiger partial charge in [-0.15, -0.1) is 0 Å². The van der Waals surface area contributed by atoms with Crippen molar-refractivity contribution in [2.45, 2.75) is 148 Å². The molecule has 0 N–H and O–H groups in total. The Morgan fingerprint density at radius 2 is 0.605 bits per heavy atom. The van der Waals surface area contributed by atoms with Gasteiger partial charge in [-0.1, -0.05) is 32.6 Å². The molecule has 0 aromatic carbocycles. The quantitative estimate of drug-likeness (QED) is 0.0476. The van der Waals surface area contributed by atoms with Crippen LogP contribution in [0.3, 0.4) is 0 Å². The second-order valence-corrected chi connectivity index (χ2v) is 10.9. The lowest BCUT2D eigenvalue weighted by Gasteiger charge is -2.07. The van der Waals surface area contributed by atoms with Gasteiger partial charge < -0.3 is 23.7 Å². The van der Waals surface area contributed by atoms with Gasteiger partial charge in [-0.2, -0.15) is 0 Å². The highest BCUT2D eigenvalue weighted by molar-refractivity contribution is 5.70. The van der Waals surface area contributed by atoms with Gasteiger partial charge in [0.05, 0.1) is 33.5 Å². The number of methoxy groups -OCH3 is 1. The molecule has 0 bridgehead atoms. The minimum Gasteiger partial charge on any atom is -0.469 e. The second kappa shape index (κ2) is 30.8. The van der Waals surface area contributed by atoms with E-state index >= 15 is 0 Å². The van der Waals surface area contributed by atoms with Crippen molar-refractivity contribution >= 4 is 29.8 Å². The first-order valence-corrected chi connectivity index (χ1v) is 16.6. The maximum atomic E-state index is 11.8. The van der Waals surface area contributed by atoms with Crippen LogP contribution in [-0.2, 0) is 47.7 Å². The molecule has 0 aliphatic carbocycles. The smallest absolute Gasteiger partial charge is 0.305 e. The maximum absolute atomic E-state index is 11.8. The van der Waals surface area contributed by atoms with E-state index < -0.39 is 0 Å². The predicted molar refractivity (Wildman–Crippen MR) is 163 cm³/mol. The maximum Gasteiger partial charge on any atom is 0.305 e. The van der Waals surface area contributed by atoms with Crippen molar-refractivity contribution < 1.29 is 47.7 Å². The third-order valence-corrected chi connectivity index (χ3v) is 6.87. The molecule has 10 nitrogen and oxygen atoms in total. The van der Waals surface area contributed by atoms with Crippen LogP contribution >= 0.6 is 0 Å². The van der Waals surface area contributed by atoms with Crippen molar-refractivity contribution in [1.82, 2.24) is 0 Å². The monoisotopic (exact) mass is 614 g/mol. The molecule has 0 aromatic rings. The number of hydrogen-bond acceptors (Lipinski definition) is 10. The number of rotatable bonds is 30. The number of ether oxygens (including phenoxy) is 5. The highest BCUT2D eigenvalue weighted by Crippen LogP contribution is 2.09. The van der Waals surface area contributed by atoms with Crippen molar-refractivity contribution in [3.8, 4) is 0 Å². The Labute approximate surface area is 259 Å². The van der Waals surface area contributed by atoms with Crippen molar-refractivity contribution in [3.05, 3.63) is 0 Å². The Hall–Kier alpha value is -2.65. The average Bonchev–Trinajstić information content (AvgIpc) is 2.99. The van der Waals surface area contributed by atoms with Crippen LogP contribution in [0.1, 0.15) is 148 Å². The van der Waals surface area contributed by atoms with Crippen LogP contribution in [0.2, 0.25) is 0 Å². The molecule has 0 fully saturated rings. The Kier molecular flexibility index (Phi) is 28.9. The molecule has 0 atom stereocenters. The molecule has 0 unspecified atom stereocenters. The van der Waals surface area contributed by atoms with Crippen molar-refractivity contribution in [2.24, 2.45) is 0 Å². The van der Waals surface area contributed by atoms with Crippen LogP contribution in [0.15, 0.2) is 0 Å². The zero-order valence-corrected chi connectivity index (χ0v) is 27.0. The normalized spacial score (nSPS) is 10.7. The topological polar surface area (TPSA) is 132 Å². The summed E-state index contributed by atoms with van der Waals surface area (Å²) >= 11 is 0. The summed E-state index contributed by atoms with van der Waals surface area (Å²) in [6, 6.07) is 0. The highest BCUT2D eigenvalue weighted by atomic mass is 16.5. The number of esters is 5. The Balaban J connectivity index is 3.43. The number of unbranched alkanes of at least 4 members (excludes halogenated alkanes) is 12. The first-order valence-electron chi connectivity index (χ1n) is 16.6. The zero-order chi connectivity index (χ0) is 31.8. The van der Waals surface area contributed by atoms with E-state index in [9.17, 15) is 24.0 Å². The second-order valence-electron chi connectivity index (χ2n) is 10.9. The van der Waals surface area contributed by atoms with E-state index in [-0.39, 0.29) is 29.8 Å². The average molecular weight is 615 g/mol. The van der Waals surface area contributed by atoms with Crippen LogP contribution in [0, 0.1) is 0 Å². The van der Waals surface area contributed by atoms with Gasteiger partial charge in [0.15, 0.2) is 0 Å². The molecule has 0 aliphatic heterocycles. The standard InChI is InChI=1S/C33H58O10/c1-3-4-5-6-11-21-30(35)40-26-17-8-13-23-32(37)42-28-19-10-15-24-33(38)43-27-18-9-14-22-31(36)41-25-16-7-12-20-29(34)39-2/h3-28H2,1-2H3. The molecule has 43 heavy (non-hydrogen) atoms. The molecular formula is C33H58O10. The Morgan fingerprint density at radius 1 is 0.349 bits per heavy atom. The van der Waals surface area contributed by atoms with Crippen LogP contribution < -0.4 is 0 Å². The fourth-order valence-electron chi connectivity index (χ4n) is 4.20. The summed E-state index contributed by atoms with van der Waals surface area (Å²) in [5.74, 6) is -1.04. The molecular weight excluding hydrogens is 556 g/mol. The molecule has 0 spiro atoms. The molecule has 0 rings (SSSR count). The number of carbonyl (C=O) groups excluding carboxylic acids is 5. The largest absolute Gasteiger partial charge is 0.469 e. The number of carbonyl (C=O) groups is 5. The fraction of sp³-hybridized carbons (Fsp3) is 0.848. The molecule has 0 aromatic heterocycles. The van der Waals surface area contributed by atoms with Gasteiger partial charge in [0.1, 0.15) is 0 Å². The summed E-state index contributed by atoms with van der Waals surface area (Å²) in [6.45, 7) is 3.62. The summed E-state index contributed by atoms with van der Waals surface area (Å²) in [7, 11) is 1.37. The summed E-state index contributed by atoms with van der Waals surface area (Å²) in [4.78, 5) is 58.1. The van der Waals surface area contributed by atoms with E-state index in [0.717, 1.165) is 57.8 Å². The minimum atomic E-state index is -0.235. The lowest BCUT2D eigenvalue weighted by atomic mass is 10.1. The Bertz CT molecular complexity index is 737. The van der Waals surface area contributed by atoms with E-state index in [2.05, 4.69) is 11.7 Å². The summed E-state index contributed by atoms with van der Waals surface area (Å²) < 4.78 is 25.5. The third kappa shape index (κ3) is 30.6. The minimum absolute atomic E-state index is 0.130. The molecule has 0 radical (unpaired) electrons. The van der Waals surface area contributed by atoms with Crippen molar-refractivity contribution in [1.29, 1.82) is 0 Å². The zero-order valence-electron chi connectivity index (χ0n) is 27.0. The van der Waals surface area contributed by atoms with Gasteiger partial charge in [0.2, 0.25) is 0 Å². The summed E-state index contributed by atoms with van der Waals surface area (Å²) in [6.07, 6.45) is 16.3. The van der Waals surface area contributed by atoms with Gasteiger partial charge in [0.25, 0.3) is 0 Å². The van der Waals surface area contributed by atoms with Crippen molar-refractivity contribution in [3.63, 3.8) is 0 Å². The van der Waals surface area contributed by atoms with Crippen LogP contribution in [0.4, 0.5) is 0 Å². The molecule has 0 saturated heterocycles.